The van der Waals surface area contributed by atoms with Gasteiger partial charge in [-0.2, -0.15) is 0 Å². The fourth-order valence-corrected chi connectivity index (χ4v) is 4.14. The summed E-state index contributed by atoms with van der Waals surface area (Å²) in [7, 11) is 0. The Morgan fingerprint density at radius 2 is 2.15 bits per heavy atom. The van der Waals surface area contributed by atoms with Gasteiger partial charge in [0.05, 0.1) is 0 Å². The van der Waals surface area contributed by atoms with Gasteiger partial charge in [0.15, 0.2) is 0 Å². The molecular formula is C11H21NS. The van der Waals surface area contributed by atoms with Gasteiger partial charge < -0.3 is 0 Å². The third kappa shape index (κ3) is 2.21. The van der Waals surface area contributed by atoms with E-state index in [-0.39, 0.29) is 0 Å². The summed E-state index contributed by atoms with van der Waals surface area (Å²) in [5.41, 5.74) is 0. The second kappa shape index (κ2) is 4.70. The Kier molecular flexibility index (Phi) is 3.56. The fourth-order valence-electron chi connectivity index (χ4n) is 2.57. The van der Waals surface area contributed by atoms with Crippen molar-refractivity contribution in [1.82, 2.24) is 4.90 Å². The lowest BCUT2D eigenvalue weighted by molar-refractivity contribution is 0.205. The van der Waals surface area contributed by atoms with Crippen LogP contribution in [-0.4, -0.2) is 28.6 Å². The SMILES string of the molecule is CCCCN1CSC2CCCCC21. The Bertz CT molecular complexity index is 160. The van der Waals surface area contributed by atoms with Crippen molar-refractivity contribution < 1.29 is 0 Å². The highest BCUT2D eigenvalue weighted by atomic mass is 32.2. The maximum atomic E-state index is 2.73. The second-order valence-electron chi connectivity index (χ2n) is 4.35. The summed E-state index contributed by atoms with van der Waals surface area (Å²) >= 11 is 2.21. The lowest BCUT2D eigenvalue weighted by Crippen LogP contribution is -2.37. The van der Waals surface area contributed by atoms with Crippen LogP contribution in [0.1, 0.15) is 45.4 Å². The monoisotopic (exact) mass is 199 g/mol. The van der Waals surface area contributed by atoms with E-state index in [0.717, 1.165) is 11.3 Å². The molecule has 1 heterocycles. The van der Waals surface area contributed by atoms with Crippen LogP contribution in [0, 0.1) is 0 Å². The normalized spacial score (nSPS) is 34.8. The molecule has 0 aromatic carbocycles. The first-order valence-corrected chi connectivity index (χ1v) is 6.82. The van der Waals surface area contributed by atoms with Crippen LogP contribution in [-0.2, 0) is 0 Å². The Morgan fingerprint density at radius 1 is 1.31 bits per heavy atom. The molecule has 2 heteroatoms. The van der Waals surface area contributed by atoms with Gasteiger partial charge in [0, 0.05) is 17.2 Å². The predicted octanol–water partition coefficient (Wildman–Crippen LogP) is 3.10. The van der Waals surface area contributed by atoms with Crippen molar-refractivity contribution in [3.8, 4) is 0 Å². The number of nitrogens with zero attached hydrogens (tertiary/aromatic N) is 1. The molecule has 2 aliphatic rings. The summed E-state index contributed by atoms with van der Waals surface area (Å²) < 4.78 is 0. The first-order chi connectivity index (χ1) is 6.42. The van der Waals surface area contributed by atoms with Crippen molar-refractivity contribution in [1.29, 1.82) is 0 Å². The highest BCUT2D eigenvalue weighted by molar-refractivity contribution is 8.00. The van der Waals surface area contributed by atoms with Crippen molar-refractivity contribution in [2.45, 2.75) is 56.7 Å². The Morgan fingerprint density at radius 3 is 3.00 bits per heavy atom. The van der Waals surface area contributed by atoms with E-state index in [9.17, 15) is 0 Å². The predicted molar refractivity (Wildman–Crippen MR) is 60.1 cm³/mol. The number of unbranched alkanes of at least 4 members (excludes halogenated alkanes) is 1. The quantitative estimate of drug-likeness (QED) is 0.687. The summed E-state index contributed by atoms with van der Waals surface area (Å²) in [5.74, 6) is 1.31. The molecule has 0 N–H and O–H groups in total. The van der Waals surface area contributed by atoms with E-state index in [4.69, 9.17) is 0 Å². The Labute approximate surface area is 86.3 Å². The average Bonchev–Trinajstić information content (AvgIpc) is 2.58. The zero-order valence-corrected chi connectivity index (χ0v) is 9.48. The number of thioether (sulfide) groups is 1. The number of fused-ring (bicyclic) bond motifs is 1. The minimum absolute atomic E-state index is 0.949. The van der Waals surface area contributed by atoms with E-state index in [1.54, 1.807) is 0 Å². The maximum Gasteiger partial charge on any atom is 0.0451 e. The molecule has 1 aliphatic heterocycles. The van der Waals surface area contributed by atoms with E-state index in [0.29, 0.717) is 0 Å². The molecule has 0 aromatic rings. The molecule has 0 spiro atoms. The van der Waals surface area contributed by atoms with Crippen LogP contribution in [0.5, 0.6) is 0 Å². The molecule has 0 radical (unpaired) electrons. The molecule has 2 fully saturated rings. The van der Waals surface area contributed by atoms with E-state index >= 15 is 0 Å². The van der Waals surface area contributed by atoms with Gasteiger partial charge >= 0.3 is 0 Å². The molecule has 1 saturated heterocycles. The standard InChI is InChI=1S/C11H21NS/c1-2-3-8-12-9-13-11-7-5-4-6-10(11)12/h10-11H,2-9H2,1H3. The number of rotatable bonds is 3. The van der Waals surface area contributed by atoms with Crippen molar-refractivity contribution in [2.24, 2.45) is 0 Å². The summed E-state index contributed by atoms with van der Waals surface area (Å²) in [6.07, 6.45) is 8.65. The third-order valence-electron chi connectivity index (χ3n) is 3.39. The number of hydrogen-bond acceptors (Lipinski definition) is 2. The maximum absolute atomic E-state index is 2.73. The summed E-state index contributed by atoms with van der Waals surface area (Å²) in [4.78, 5) is 2.73. The zero-order chi connectivity index (χ0) is 9.10. The molecule has 13 heavy (non-hydrogen) atoms. The molecular weight excluding hydrogens is 178 g/mol. The minimum Gasteiger partial charge on any atom is -0.290 e. The molecule has 2 atom stereocenters. The summed E-state index contributed by atoms with van der Waals surface area (Å²) in [6.45, 7) is 3.65. The lowest BCUT2D eigenvalue weighted by Gasteiger charge is -2.30. The van der Waals surface area contributed by atoms with Crippen LogP contribution >= 0.6 is 11.8 Å². The zero-order valence-electron chi connectivity index (χ0n) is 8.67. The van der Waals surface area contributed by atoms with Gasteiger partial charge in [-0.25, -0.2) is 0 Å². The molecule has 76 valence electrons. The van der Waals surface area contributed by atoms with Gasteiger partial charge in [0.1, 0.15) is 0 Å². The van der Waals surface area contributed by atoms with Gasteiger partial charge in [-0.05, 0) is 25.8 Å². The summed E-state index contributed by atoms with van der Waals surface area (Å²) in [6, 6.07) is 0.949. The van der Waals surface area contributed by atoms with E-state index < -0.39 is 0 Å². The highest BCUT2D eigenvalue weighted by Crippen LogP contribution is 2.38. The molecule has 0 amide bonds. The molecule has 1 nitrogen and oxygen atoms in total. The van der Waals surface area contributed by atoms with Crippen LogP contribution in [0.2, 0.25) is 0 Å². The molecule has 1 saturated carbocycles. The van der Waals surface area contributed by atoms with Crippen LogP contribution in [0.3, 0.4) is 0 Å². The lowest BCUT2D eigenvalue weighted by atomic mass is 9.94. The van der Waals surface area contributed by atoms with E-state index in [1.165, 1.54) is 50.9 Å². The molecule has 2 rings (SSSR count). The molecule has 0 bridgehead atoms. The number of hydrogen-bond donors (Lipinski definition) is 0. The van der Waals surface area contributed by atoms with E-state index in [2.05, 4.69) is 23.6 Å². The van der Waals surface area contributed by atoms with Gasteiger partial charge in [0.2, 0.25) is 0 Å². The van der Waals surface area contributed by atoms with Crippen LogP contribution in [0.25, 0.3) is 0 Å². The van der Waals surface area contributed by atoms with Crippen LogP contribution < -0.4 is 0 Å². The van der Waals surface area contributed by atoms with Crippen LogP contribution in [0.4, 0.5) is 0 Å². The topological polar surface area (TPSA) is 3.24 Å². The van der Waals surface area contributed by atoms with Gasteiger partial charge in [0.25, 0.3) is 0 Å². The van der Waals surface area contributed by atoms with Crippen molar-refractivity contribution in [2.75, 3.05) is 12.4 Å². The minimum atomic E-state index is 0.949. The highest BCUT2D eigenvalue weighted by Gasteiger charge is 2.35. The average molecular weight is 199 g/mol. The first-order valence-electron chi connectivity index (χ1n) is 5.77. The summed E-state index contributed by atoms with van der Waals surface area (Å²) in [5, 5.41) is 0.991. The first kappa shape index (κ1) is 9.85. The fraction of sp³-hybridized carbons (Fsp3) is 1.00. The van der Waals surface area contributed by atoms with Gasteiger partial charge in [-0.3, -0.25) is 4.90 Å². The van der Waals surface area contributed by atoms with Crippen molar-refractivity contribution in [3.05, 3.63) is 0 Å². The molecule has 1 aliphatic carbocycles. The smallest absolute Gasteiger partial charge is 0.0451 e. The molecule has 0 aromatic heterocycles. The molecule has 2 unspecified atom stereocenters. The Hall–Kier alpha value is 0.310. The van der Waals surface area contributed by atoms with Crippen molar-refractivity contribution >= 4 is 11.8 Å². The van der Waals surface area contributed by atoms with Gasteiger partial charge in [-0.1, -0.05) is 26.2 Å². The third-order valence-corrected chi connectivity index (χ3v) is 4.85. The largest absolute Gasteiger partial charge is 0.290 e. The second-order valence-corrected chi connectivity index (χ2v) is 5.55. The van der Waals surface area contributed by atoms with Crippen molar-refractivity contribution in [3.63, 3.8) is 0 Å². The van der Waals surface area contributed by atoms with Crippen LogP contribution in [0.15, 0.2) is 0 Å². The van der Waals surface area contributed by atoms with E-state index in [1.807, 2.05) is 0 Å². The van der Waals surface area contributed by atoms with Gasteiger partial charge in [-0.15, -0.1) is 11.8 Å². The Balaban J connectivity index is 1.84.